The van der Waals surface area contributed by atoms with Gasteiger partial charge < -0.3 is 35.1 Å². The average molecular weight is 755 g/mol. The largest absolute Gasteiger partial charge is 0.489 e. The van der Waals surface area contributed by atoms with Gasteiger partial charge in [0, 0.05) is 19.9 Å². The molecule has 0 radical (unpaired) electrons. The van der Waals surface area contributed by atoms with Crippen molar-refractivity contribution in [3.8, 4) is 22.6 Å². The molecular weight excluding hydrogens is 705 g/mol. The molecule has 3 N–H and O–H groups in total. The Labute approximate surface area is 329 Å². The van der Waals surface area contributed by atoms with Crippen LogP contribution in [0.5, 0.6) is 11.5 Å². The maximum Gasteiger partial charge on any atom is 0.329 e. The van der Waals surface area contributed by atoms with E-state index in [1.165, 1.54) is 4.90 Å². The highest BCUT2D eigenvalue weighted by atomic mass is 16.5. The molecule has 0 aliphatic carbocycles. The van der Waals surface area contributed by atoms with Crippen LogP contribution in [0.1, 0.15) is 34.2 Å². The molecule has 0 aromatic heterocycles. The van der Waals surface area contributed by atoms with Gasteiger partial charge in [-0.15, -0.1) is 0 Å². The smallest absolute Gasteiger partial charge is 0.329 e. The van der Waals surface area contributed by atoms with Crippen LogP contribution in [0.25, 0.3) is 11.1 Å². The van der Waals surface area contributed by atoms with Gasteiger partial charge in [0.1, 0.15) is 43.4 Å². The third-order valence-corrected chi connectivity index (χ3v) is 10.0. The highest BCUT2D eigenvalue weighted by Crippen LogP contribution is 2.33. The van der Waals surface area contributed by atoms with Crippen molar-refractivity contribution in [3.63, 3.8) is 0 Å². The summed E-state index contributed by atoms with van der Waals surface area (Å²) in [6, 6.07) is 38.4. The number of carbonyl (C=O) groups is 3. The number of esters is 1. The first kappa shape index (κ1) is 39.7. The minimum atomic E-state index is -1.04. The van der Waals surface area contributed by atoms with Crippen molar-refractivity contribution in [2.45, 2.75) is 57.2 Å². The molecule has 4 bridgehead atoms. The van der Waals surface area contributed by atoms with Gasteiger partial charge in [-0.1, -0.05) is 103 Å². The molecule has 290 valence electrons. The zero-order valence-corrected chi connectivity index (χ0v) is 32.2. The fourth-order valence-corrected chi connectivity index (χ4v) is 6.76. The van der Waals surface area contributed by atoms with Crippen LogP contribution in [0.15, 0.2) is 127 Å². The van der Waals surface area contributed by atoms with E-state index in [4.69, 9.17) is 14.2 Å². The number of hydrogen-bond acceptors (Lipinski definition) is 8. The second-order valence-electron chi connectivity index (χ2n) is 14.0. The van der Waals surface area contributed by atoms with E-state index in [-0.39, 0.29) is 18.9 Å². The van der Waals surface area contributed by atoms with Crippen LogP contribution in [0.2, 0.25) is 0 Å². The first-order chi connectivity index (χ1) is 27.3. The molecule has 5 aromatic carbocycles. The lowest BCUT2D eigenvalue weighted by Gasteiger charge is -2.31. The van der Waals surface area contributed by atoms with Crippen molar-refractivity contribution in [1.29, 1.82) is 0 Å². The normalized spacial score (nSPS) is 17.3. The Hall–Kier alpha value is -5.97. The van der Waals surface area contributed by atoms with Crippen molar-refractivity contribution in [1.82, 2.24) is 20.9 Å². The lowest BCUT2D eigenvalue weighted by molar-refractivity contribution is -0.156. The van der Waals surface area contributed by atoms with E-state index >= 15 is 0 Å². The molecule has 3 atom stereocenters. The fourth-order valence-electron chi connectivity index (χ4n) is 6.76. The molecule has 10 heteroatoms. The molecule has 5 aromatic rings. The van der Waals surface area contributed by atoms with Crippen LogP contribution in [-0.2, 0) is 51.8 Å². The molecular formula is C46H50N4O6. The highest BCUT2D eigenvalue weighted by molar-refractivity contribution is 5.92. The summed E-state index contributed by atoms with van der Waals surface area (Å²) in [7, 11) is 5.11. The third-order valence-electron chi connectivity index (χ3n) is 10.0. The van der Waals surface area contributed by atoms with Gasteiger partial charge >= 0.3 is 5.97 Å². The van der Waals surface area contributed by atoms with Gasteiger partial charge in [-0.3, -0.25) is 9.59 Å². The summed E-state index contributed by atoms with van der Waals surface area (Å²) in [4.78, 5) is 44.1. The zero-order chi connectivity index (χ0) is 39.3. The number of hydrogen-bond donors (Lipinski definition) is 3. The lowest BCUT2D eigenvalue weighted by Crippen LogP contribution is -2.56. The number of carbonyl (C=O) groups excluding carboxylic acids is 3. The van der Waals surface area contributed by atoms with E-state index in [0.29, 0.717) is 44.1 Å². The van der Waals surface area contributed by atoms with Gasteiger partial charge in [0.25, 0.3) is 0 Å². The van der Waals surface area contributed by atoms with Crippen molar-refractivity contribution >= 4 is 17.8 Å². The third kappa shape index (κ3) is 10.4. The number of amides is 2. The predicted octanol–water partition coefficient (Wildman–Crippen LogP) is 5.86. The number of ether oxygens (including phenoxy) is 3. The minimum absolute atomic E-state index is 0.0425. The Balaban J connectivity index is 1.44. The van der Waals surface area contributed by atoms with Crippen LogP contribution in [0.3, 0.4) is 0 Å². The van der Waals surface area contributed by atoms with Crippen LogP contribution in [-0.4, -0.2) is 68.5 Å². The van der Waals surface area contributed by atoms with Crippen LogP contribution in [0, 0.1) is 0 Å². The molecule has 10 nitrogen and oxygen atoms in total. The Kier molecular flexibility index (Phi) is 13.9. The van der Waals surface area contributed by atoms with E-state index < -0.39 is 30.0 Å². The molecule has 1 heterocycles. The Morgan fingerprint density at radius 3 is 1.70 bits per heavy atom. The molecule has 1 aliphatic rings. The predicted molar refractivity (Wildman–Crippen MR) is 217 cm³/mol. The van der Waals surface area contributed by atoms with Gasteiger partial charge in [0.15, 0.2) is 0 Å². The quantitative estimate of drug-likeness (QED) is 0.128. The number of nitrogens with one attached hydrogen (secondary N) is 3. The summed E-state index contributed by atoms with van der Waals surface area (Å²) in [5.74, 6) is -0.0773. The molecule has 0 unspecified atom stereocenters. The van der Waals surface area contributed by atoms with E-state index in [1.54, 1.807) is 21.1 Å². The topological polar surface area (TPSA) is 118 Å². The van der Waals surface area contributed by atoms with Crippen molar-refractivity contribution in [2.24, 2.45) is 0 Å². The maximum atomic E-state index is 14.5. The second kappa shape index (κ2) is 19.6. The Bertz CT molecular complexity index is 2060. The van der Waals surface area contributed by atoms with E-state index in [0.717, 1.165) is 38.9 Å². The van der Waals surface area contributed by atoms with Crippen molar-refractivity contribution in [3.05, 3.63) is 155 Å². The first-order valence-electron chi connectivity index (χ1n) is 19.0. The van der Waals surface area contributed by atoms with Gasteiger partial charge in [-0.25, -0.2) is 4.79 Å². The molecule has 0 spiro atoms. The van der Waals surface area contributed by atoms with Gasteiger partial charge in [-0.2, -0.15) is 0 Å². The highest BCUT2D eigenvalue weighted by Gasteiger charge is 2.35. The fraction of sp³-hybridized carbons (Fsp3) is 0.283. The lowest BCUT2D eigenvalue weighted by atomic mass is 9.95. The van der Waals surface area contributed by atoms with Gasteiger partial charge in [0.05, 0.1) is 6.04 Å². The van der Waals surface area contributed by atoms with Crippen molar-refractivity contribution < 1.29 is 28.6 Å². The molecule has 56 heavy (non-hydrogen) atoms. The monoisotopic (exact) mass is 754 g/mol. The summed E-state index contributed by atoms with van der Waals surface area (Å²) < 4.78 is 18.7. The number of rotatable bonds is 13. The number of nitrogens with zero attached hydrogens (tertiary/aromatic N) is 1. The Morgan fingerprint density at radius 2 is 1.20 bits per heavy atom. The number of fused-ring (bicyclic) bond motifs is 5. The average Bonchev–Trinajstić information content (AvgIpc) is 3.24. The number of likely N-dealkylation sites (N-methyl/N-ethyl adjacent to an activating group) is 2. The Morgan fingerprint density at radius 1 is 0.696 bits per heavy atom. The summed E-state index contributed by atoms with van der Waals surface area (Å²) in [5, 5.41) is 9.26. The first-order valence-corrected chi connectivity index (χ1v) is 19.0. The van der Waals surface area contributed by atoms with Crippen LogP contribution >= 0.6 is 0 Å². The molecule has 0 fully saturated rings. The van der Waals surface area contributed by atoms with Crippen molar-refractivity contribution in [2.75, 3.05) is 27.7 Å². The number of benzene rings is 5. The molecule has 6 rings (SSSR count). The van der Waals surface area contributed by atoms with Crippen LogP contribution < -0.4 is 25.4 Å². The standard InChI is InChI=1S/C46H50N4O6/c1-47-24-23-39-45(52)50(3)41(46(53)56-31-34-17-11-6-12-18-34)28-38-26-36(20-22-43(38)55-30-33-15-9-5-10-16-33)35-19-21-42(54-29-32-13-7-4-8-14-32)37(25-35)27-40(48-2)44(51)49-39/h4-22,25-26,39-41,47-48H,23-24,27-31H2,1-3H3,(H,49,51)/t39-,40-,41-/m0/s1. The van der Waals surface area contributed by atoms with Crippen LogP contribution in [0.4, 0.5) is 0 Å². The van der Waals surface area contributed by atoms with Gasteiger partial charge in [0.2, 0.25) is 11.8 Å². The molecule has 1 aliphatic heterocycles. The minimum Gasteiger partial charge on any atom is -0.489 e. The zero-order valence-electron chi connectivity index (χ0n) is 32.2. The molecule has 0 saturated carbocycles. The van der Waals surface area contributed by atoms with E-state index in [2.05, 4.69) is 16.0 Å². The summed E-state index contributed by atoms with van der Waals surface area (Å²) in [6.07, 6.45) is 0.697. The van der Waals surface area contributed by atoms with E-state index in [1.807, 2.05) is 127 Å². The summed E-state index contributed by atoms with van der Waals surface area (Å²) in [6.45, 7) is 1.17. The molecule has 0 saturated heterocycles. The van der Waals surface area contributed by atoms with E-state index in [9.17, 15) is 14.4 Å². The maximum absolute atomic E-state index is 14.5. The SMILES string of the molecule is CNCC[C@@H]1NC(=O)[C@@H](NC)Cc2cc(ccc2OCc2ccccc2)-c2ccc(OCc3ccccc3)c(c2)C[C@@H](C(=O)OCc2ccccc2)N(C)C1=O. The summed E-state index contributed by atoms with van der Waals surface area (Å²) in [5.41, 5.74) is 6.16. The van der Waals surface area contributed by atoms with Gasteiger partial charge in [-0.05, 0) is 90.3 Å². The second-order valence-corrected chi connectivity index (χ2v) is 14.0. The summed E-state index contributed by atoms with van der Waals surface area (Å²) >= 11 is 0. The molecule has 2 amide bonds.